The van der Waals surface area contributed by atoms with Gasteiger partial charge < -0.3 is 4.42 Å². The average Bonchev–Trinajstić information content (AvgIpc) is 2.38. The minimum Gasteiger partial charge on any atom is -0.451 e. The SMILES string of the molecule is [N-]=[N+]=NC(=O)c1cocn1. The van der Waals surface area contributed by atoms with Crippen molar-refractivity contribution in [3.63, 3.8) is 0 Å². The predicted molar refractivity (Wildman–Crippen MR) is 30.0 cm³/mol. The molecule has 0 radical (unpaired) electrons. The van der Waals surface area contributed by atoms with Crippen LogP contribution in [0.3, 0.4) is 0 Å². The van der Waals surface area contributed by atoms with E-state index in [-0.39, 0.29) is 5.69 Å². The second-order valence-electron chi connectivity index (χ2n) is 1.37. The number of azide groups is 1. The zero-order chi connectivity index (χ0) is 7.40. The van der Waals surface area contributed by atoms with Gasteiger partial charge in [0.25, 0.3) is 5.91 Å². The molecule has 0 fully saturated rings. The number of carbonyl (C=O) groups excluding carboxylic acids is 1. The van der Waals surface area contributed by atoms with Crippen LogP contribution in [0.5, 0.6) is 0 Å². The minimum absolute atomic E-state index is 0.0119. The summed E-state index contributed by atoms with van der Waals surface area (Å²) >= 11 is 0. The van der Waals surface area contributed by atoms with Crippen LogP contribution in [-0.2, 0) is 0 Å². The maximum Gasteiger partial charge on any atom is 0.270 e. The predicted octanol–water partition coefficient (Wildman–Crippen LogP) is 1.13. The molecule has 0 saturated carbocycles. The summed E-state index contributed by atoms with van der Waals surface area (Å²) in [6, 6.07) is 0. The first-order valence-corrected chi connectivity index (χ1v) is 2.32. The molecule has 0 atom stereocenters. The van der Waals surface area contributed by atoms with Crippen molar-refractivity contribution < 1.29 is 9.21 Å². The van der Waals surface area contributed by atoms with Crippen molar-refractivity contribution in [2.75, 3.05) is 0 Å². The lowest BCUT2D eigenvalue weighted by Crippen LogP contribution is -1.91. The molecule has 0 N–H and O–H groups in total. The number of hydrogen-bond acceptors (Lipinski definition) is 3. The lowest BCUT2D eigenvalue weighted by Gasteiger charge is -1.77. The van der Waals surface area contributed by atoms with Crippen LogP contribution in [0.1, 0.15) is 10.5 Å². The Labute approximate surface area is 55.1 Å². The van der Waals surface area contributed by atoms with E-state index in [0.717, 1.165) is 12.7 Å². The summed E-state index contributed by atoms with van der Waals surface area (Å²) in [5.41, 5.74) is 7.83. The molecule has 0 saturated heterocycles. The Kier molecular flexibility index (Phi) is 1.67. The van der Waals surface area contributed by atoms with Gasteiger partial charge in [-0.3, -0.25) is 4.79 Å². The summed E-state index contributed by atoms with van der Waals surface area (Å²) in [7, 11) is 0. The molecular formula is C4H2N4O2. The van der Waals surface area contributed by atoms with E-state index >= 15 is 0 Å². The maximum atomic E-state index is 10.6. The van der Waals surface area contributed by atoms with Gasteiger partial charge in [0.05, 0.1) is 0 Å². The smallest absolute Gasteiger partial charge is 0.270 e. The molecule has 0 spiro atoms. The third-order valence-corrected chi connectivity index (χ3v) is 0.787. The second kappa shape index (κ2) is 2.65. The summed E-state index contributed by atoms with van der Waals surface area (Å²) in [5.74, 6) is -0.740. The largest absolute Gasteiger partial charge is 0.451 e. The lowest BCUT2D eigenvalue weighted by molar-refractivity contribution is 0.0995. The van der Waals surface area contributed by atoms with Crippen molar-refractivity contribution in [2.45, 2.75) is 0 Å². The molecule has 0 aliphatic heterocycles. The fraction of sp³-hybridized carbons (Fsp3) is 0. The van der Waals surface area contributed by atoms with E-state index in [2.05, 4.69) is 19.4 Å². The molecule has 1 aromatic rings. The highest BCUT2D eigenvalue weighted by molar-refractivity contribution is 5.92. The van der Waals surface area contributed by atoms with Crippen LogP contribution in [0.4, 0.5) is 0 Å². The summed E-state index contributed by atoms with van der Waals surface area (Å²) in [6.45, 7) is 0. The van der Waals surface area contributed by atoms with Crippen LogP contribution >= 0.6 is 0 Å². The summed E-state index contributed by atoms with van der Waals surface area (Å²) in [4.78, 5) is 16.3. The zero-order valence-corrected chi connectivity index (χ0v) is 4.76. The van der Waals surface area contributed by atoms with Crippen molar-refractivity contribution >= 4 is 5.91 Å². The number of oxazole rings is 1. The Morgan fingerprint density at radius 3 is 3.20 bits per heavy atom. The number of hydrogen-bond donors (Lipinski definition) is 0. The molecular weight excluding hydrogens is 136 g/mol. The van der Waals surface area contributed by atoms with Crippen molar-refractivity contribution in [2.24, 2.45) is 5.11 Å². The zero-order valence-electron chi connectivity index (χ0n) is 4.76. The Bertz CT molecular complexity index is 271. The number of nitrogens with zero attached hydrogens (tertiary/aromatic N) is 4. The van der Waals surface area contributed by atoms with Gasteiger partial charge in [0.2, 0.25) is 0 Å². The number of carbonyl (C=O) groups is 1. The molecule has 10 heavy (non-hydrogen) atoms. The second-order valence-corrected chi connectivity index (χ2v) is 1.37. The van der Waals surface area contributed by atoms with Crippen molar-refractivity contribution in [3.05, 3.63) is 28.8 Å². The Balaban J connectivity index is 2.87. The van der Waals surface area contributed by atoms with E-state index in [4.69, 9.17) is 5.53 Å². The first kappa shape index (κ1) is 6.31. The molecule has 1 rings (SSSR count). The van der Waals surface area contributed by atoms with Gasteiger partial charge in [0, 0.05) is 4.91 Å². The van der Waals surface area contributed by atoms with Gasteiger partial charge >= 0.3 is 0 Å². The van der Waals surface area contributed by atoms with Crippen LogP contribution < -0.4 is 0 Å². The fourth-order valence-corrected chi connectivity index (χ4v) is 0.410. The molecule has 0 aliphatic rings. The van der Waals surface area contributed by atoms with Gasteiger partial charge in [0.1, 0.15) is 6.26 Å². The van der Waals surface area contributed by atoms with Crippen LogP contribution in [0.15, 0.2) is 22.2 Å². The van der Waals surface area contributed by atoms with E-state index in [0.29, 0.717) is 0 Å². The standard InChI is InChI=1S/C4H2N4O2/c5-8-7-4(9)3-1-10-2-6-3/h1-2H. The average molecular weight is 138 g/mol. The third kappa shape index (κ3) is 1.12. The molecule has 1 aromatic heterocycles. The number of aromatic nitrogens is 1. The molecule has 6 nitrogen and oxygen atoms in total. The first-order valence-electron chi connectivity index (χ1n) is 2.32. The Hall–Kier alpha value is -1.81. The molecule has 0 aliphatic carbocycles. The highest BCUT2D eigenvalue weighted by Gasteiger charge is 2.03. The van der Waals surface area contributed by atoms with E-state index in [1.54, 1.807) is 0 Å². The van der Waals surface area contributed by atoms with Gasteiger partial charge in [-0.1, -0.05) is 0 Å². The minimum atomic E-state index is -0.740. The molecule has 50 valence electrons. The van der Waals surface area contributed by atoms with Crippen LogP contribution in [0, 0.1) is 0 Å². The lowest BCUT2D eigenvalue weighted by atomic mass is 10.5. The quantitative estimate of drug-likeness (QED) is 0.330. The fourth-order valence-electron chi connectivity index (χ4n) is 0.410. The highest BCUT2D eigenvalue weighted by Crippen LogP contribution is 1.96. The number of amides is 1. The monoisotopic (exact) mass is 138 g/mol. The van der Waals surface area contributed by atoms with Gasteiger partial charge in [0.15, 0.2) is 12.1 Å². The molecule has 0 bridgehead atoms. The van der Waals surface area contributed by atoms with Gasteiger partial charge in [-0.25, -0.2) is 4.98 Å². The van der Waals surface area contributed by atoms with Gasteiger partial charge in [-0.15, -0.1) is 0 Å². The Morgan fingerprint density at radius 2 is 2.70 bits per heavy atom. The van der Waals surface area contributed by atoms with Gasteiger partial charge in [-0.05, 0) is 10.6 Å². The number of rotatable bonds is 1. The van der Waals surface area contributed by atoms with Crippen LogP contribution in [0.2, 0.25) is 0 Å². The normalized spacial score (nSPS) is 8.40. The van der Waals surface area contributed by atoms with Crippen LogP contribution in [0.25, 0.3) is 10.4 Å². The molecule has 0 unspecified atom stereocenters. The van der Waals surface area contributed by atoms with E-state index in [9.17, 15) is 4.79 Å². The molecule has 1 heterocycles. The summed E-state index contributed by atoms with van der Waals surface area (Å²) in [6.07, 6.45) is 2.19. The first-order chi connectivity index (χ1) is 4.84. The summed E-state index contributed by atoms with van der Waals surface area (Å²) < 4.78 is 4.47. The third-order valence-electron chi connectivity index (χ3n) is 0.787. The van der Waals surface area contributed by atoms with Crippen LogP contribution in [-0.4, -0.2) is 10.9 Å². The van der Waals surface area contributed by atoms with E-state index in [1.165, 1.54) is 0 Å². The molecule has 1 amide bonds. The van der Waals surface area contributed by atoms with Gasteiger partial charge in [-0.2, -0.15) is 0 Å². The molecule has 0 aromatic carbocycles. The Morgan fingerprint density at radius 1 is 1.90 bits per heavy atom. The maximum absolute atomic E-state index is 10.6. The van der Waals surface area contributed by atoms with E-state index in [1.807, 2.05) is 0 Å². The van der Waals surface area contributed by atoms with E-state index < -0.39 is 5.91 Å². The summed E-state index contributed by atoms with van der Waals surface area (Å²) in [5, 5.41) is 2.79. The van der Waals surface area contributed by atoms with Crippen molar-refractivity contribution in [3.8, 4) is 0 Å². The molecule has 6 heteroatoms. The van der Waals surface area contributed by atoms with Crippen molar-refractivity contribution in [1.29, 1.82) is 0 Å². The topological polar surface area (TPSA) is 91.9 Å². The highest BCUT2D eigenvalue weighted by atomic mass is 16.3. The van der Waals surface area contributed by atoms with Crippen molar-refractivity contribution in [1.82, 2.24) is 4.98 Å².